The zero-order valence-electron chi connectivity index (χ0n) is 16.0. The molecule has 0 spiro atoms. The average molecular weight is 367 g/mol. The van der Waals surface area contributed by atoms with E-state index in [0.717, 1.165) is 29.8 Å². The second-order valence-corrected chi connectivity index (χ2v) is 6.64. The molecule has 0 N–H and O–H groups in total. The highest BCUT2D eigenvalue weighted by Gasteiger charge is 2.12. The summed E-state index contributed by atoms with van der Waals surface area (Å²) in [6, 6.07) is 15.5. The van der Waals surface area contributed by atoms with Crippen LogP contribution in [-0.2, 0) is 17.8 Å². The van der Waals surface area contributed by atoms with Crippen molar-refractivity contribution in [3.05, 3.63) is 75.6 Å². The van der Waals surface area contributed by atoms with E-state index in [1.807, 2.05) is 6.07 Å². The normalized spacial score (nSPS) is 11.3. The molecule has 1 heterocycles. The van der Waals surface area contributed by atoms with Gasteiger partial charge in [0, 0.05) is 38.2 Å². The largest absolute Gasteiger partial charge is 0.497 e. The Labute approximate surface area is 159 Å². The van der Waals surface area contributed by atoms with Crippen molar-refractivity contribution >= 4 is 11.0 Å². The molecule has 0 unspecified atom stereocenters. The van der Waals surface area contributed by atoms with Gasteiger partial charge in [-0.1, -0.05) is 29.8 Å². The monoisotopic (exact) mass is 367 g/mol. The van der Waals surface area contributed by atoms with Crippen LogP contribution >= 0.6 is 0 Å². The quantitative estimate of drug-likeness (QED) is 0.568. The summed E-state index contributed by atoms with van der Waals surface area (Å²) in [5.74, 6) is 0.736. The highest BCUT2D eigenvalue weighted by molar-refractivity contribution is 5.81. The standard InChI is InChI=1S/C22H25NO4/c1-16-4-6-17(7-5-16)14-23(10-11-25-2)15-18-12-22(24)27-21-9-8-19(26-3)13-20(18)21/h4-9,12-13H,10-11,14-15H2,1-3H3. The van der Waals surface area contributed by atoms with E-state index >= 15 is 0 Å². The number of fused-ring (bicyclic) bond motifs is 1. The van der Waals surface area contributed by atoms with E-state index < -0.39 is 0 Å². The number of rotatable bonds is 8. The number of nitrogens with zero attached hydrogens (tertiary/aromatic N) is 1. The van der Waals surface area contributed by atoms with Gasteiger partial charge in [0.25, 0.3) is 0 Å². The fourth-order valence-corrected chi connectivity index (χ4v) is 3.09. The van der Waals surface area contributed by atoms with E-state index in [-0.39, 0.29) is 5.63 Å². The first-order chi connectivity index (χ1) is 13.1. The Kier molecular flexibility index (Phi) is 6.27. The van der Waals surface area contributed by atoms with E-state index in [2.05, 4.69) is 36.1 Å². The van der Waals surface area contributed by atoms with Gasteiger partial charge in [-0.2, -0.15) is 0 Å². The van der Waals surface area contributed by atoms with Crippen LogP contribution in [0.4, 0.5) is 0 Å². The molecule has 5 heteroatoms. The first-order valence-corrected chi connectivity index (χ1v) is 8.96. The average Bonchev–Trinajstić information content (AvgIpc) is 2.67. The van der Waals surface area contributed by atoms with Crippen LogP contribution in [0.15, 0.2) is 57.7 Å². The minimum Gasteiger partial charge on any atom is -0.497 e. The van der Waals surface area contributed by atoms with Crippen LogP contribution in [0.2, 0.25) is 0 Å². The molecular formula is C22H25NO4. The third kappa shape index (κ3) is 4.96. The molecule has 5 nitrogen and oxygen atoms in total. The molecule has 3 aromatic rings. The lowest BCUT2D eigenvalue weighted by Crippen LogP contribution is -2.27. The van der Waals surface area contributed by atoms with Crippen molar-refractivity contribution in [3.8, 4) is 5.75 Å². The van der Waals surface area contributed by atoms with Crippen molar-refractivity contribution in [1.29, 1.82) is 0 Å². The van der Waals surface area contributed by atoms with Gasteiger partial charge in [-0.25, -0.2) is 4.79 Å². The Morgan fingerprint density at radius 2 is 1.78 bits per heavy atom. The highest BCUT2D eigenvalue weighted by atomic mass is 16.5. The van der Waals surface area contributed by atoms with Crippen molar-refractivity contribution in [2.45, 2.75) is 20.0 Å². The molecule has 0 radical (unpaired) electrons. The second kappa shape index (κ2) is 8.84. The minimum absolute atomic E-state index is 0.343. The molecule has 0 aliphatic rings. The first-order valence-electron chi connectivity index (χ1n) is 8.96. The van der Waals surface area contributed by atoms with Gasteiger partial charge < -0.3 is 13.9 Å². The predicted octanol–water partition coefficient (Wildman–Crippen LogP) is 3.76. The van der Waals surface area contributed by atoms with Gasteiger partial charge in [0.2, 0.25) is 0 Å². The maximum atomic E-state index is 12.0. The van der Waals surface area contributed by atoms with E-state index in [1.54, 1.807) is 32.4 Å². The summed E-state index contributed by atoms with van der Waals surface area (Å²) in [6.45, 7) is 4.85. The number of hydrogen-bond donors (Lipinski definition) is 0. The highest BCUT2D eigenvalue weighted by Crippen LogP contribution is 2.24. The summed E-state index contributed by atoms with van der Waals surface area (Å²) in [5.41, 5.74) is 3.61. The van der Waals surface area contributed by atoms with Crippen LogP contribution < -0.4 is 10.4 Å². The summed E-state index contributed by atoms with van der Waals surface area (Å²) in [4.78, 5) is 14.3. The van der Waals surface area contributed by atoms with Crippen molar-refractivity contribution in [2.75, 3.05) is 27.4 Å². The van der Waals surface area contributed by atoms with Crippen molar-refractivity contribution in [1.82, 2.24) is 4.90 Å². The van der Waals surface area contributed by atoms with Crippen LogP contribution in [0.3, 0.4) is 0 Å². The SMILES string of the molecule is COCCN(Cc1ccc(C)cc1)Cc1cc(=O)oc2ccc(OC)cc12. The van der Waals surface area contributed by atoms with Gasteiger partial charge in [0.15, 0.2) is 0 Å². The molecule has 0 fully saturated rings. The number of hydrogen-bond acceptors (Lipinski definition) is 5. The zero-order chi connectivity index (χ0) is 19.2. The fraction of sp³-hybridized carbons (Fsp3) is 0.318. The van der Waals surface area contributed by atoms with Gasteiger partial charge in [0.05, 0.1) is 13.7 Å². The fourth-order valence-electron chi connectivity index (χ4n) is 3.09. The number of methoxy groups -OCH3 is 2. The molecule has 0 bridgehead atoms. The second-order valence-electron chi connectivity index (χ2n) is 6.64. The van der Waals surface area contributed by atoms with E-state index in [1.165, 1.54) is 11.1 Å². The molecular weight excluding hydrogens is 342 g/mol. The maximum Gasteiger partial charge on any atom is 0.336 e. The van der Waals surface area contributed by atoms with Crippen LogP contribution in [0, 0.1) is 6.92 Å². The summed E-state index contributed by atoms with van der Waals surface area (Å²) < 4.78 is 15.9. The Morgan fingerprint density at radius 1 is 1.00 bits per heavy atom. The molecule has 142 valence electrons. The number of benzene rings is 2. The molecule has 0 saturated carbocycles. The first kappa shape index (κ1) is 19.1. The smallest absolute Gasteiger partial charge is 0.336 e. The van der Waals surface area contributed by atoms with Gasteiger partial charge in [-0.05, 0) is 36.2 Å². The van der Waals surface area contributed by atoms with Gasteiger partial charge >= 0.3 is 5.63 Å². The molecule has 27 heavy (non-hydrogen) atoms. The van der Waals surface area contributed by atoms with Gasteiger partial charge in [-0.15, -0.1) is 0 Å². The van der Waals surface area contributed by atoms with Crippen LogP contribution in [0.1, 0.15) is 16.7 Å². The third-order valence-electron chi connectivity index (χ3n) is 4.57. The lowest BCUT2D eigenvalue weighted by molar-refractivity contribution is 0.140. The van der Waals surface area contributed by atoms with E-state index in [0.29, 0.717) is 18.7 Å². The molecule has 0 atom stereocenters. The van der Waals surface area contributed by atoms with Gasteiger partial charge in [-0.3, -0.25) is 4.90 Å². The Hall–Kier alpha value is -2.63. The zero-order valence-corrected chi connectivity index (χ0v) is 16.0. The lowest BCUT2D eigenvalue weighted by atomic mass is 10.1. The van der Waals surface area contributed by atoms with Crippen molar-refractivity contribution in [3.63, 3.8) is 0 Å². The molecule has 0 amide bonds. The lowest BCUT2D eigenvalue weighted by Gasteiger charge is -2.23. The third-order valence-corrected chi connectivity index (χ3v) is 4.57. The summed E-state index contributed by atoms with van der Waals surface area (Å²) in [7, 11) is 3.32. The minimum atomic E-state index is -0.343. The maximum absolute atomic E-state index is 12.0. The van der Waals surface area contributed by atoms with Crippen LogP contribution in [-0.4, -0.2) is 32.3 Å². The van der Waals surface area contributed by atoms with E-state index in [9.17, 15) is 4.79 Å². The Morgan fingerprint density at radius 3 is 2.48 bits per heavy atom. The number of aryl methyl sites for hydroxylation is 1. The Bertz CT molecular complexity index is 947. The summed E-state index contributed by atoms with van der Waals surface area (Å²) in [5, 5.41) is 0.889. The number of ether oxygens (including phenoxy) is 2. The van der Waals surface area contributed by atoms with Crippen molar-refractivity contribution in [2.24, 2.45) is 0 Å². The van der Waals surface area contributed by atoms with Crippen molar-refractivity contribution < 1.29 is 13.9 Å². The summed E-state index contributed by atoms with van der Waals surface area (Å²) >= 11 is 0. The molecule has 0 aliphatic heterocycles. The summed E-state index contributed by atoms with van der Waals surface area (Å²) in [6.07, 6.45) is 0. The van der Waals surface area contributed by atoms with E-state index in [4.69, 9.17) is 13.9 Å². The van der Waals surface area contributed by atoms with Crippen LogP contribution in [0.5, 0.6) is 5.75 Å². The topological polar surface area (TPSA) is 51.9 Å². The predicted molar refractivity (Wildman–Crippen MR) is 106 cm³/mol. The van der Waals surface area contributed by atoms with Gasteiger partial charge in [0.1, 0.15) is 11.3 Å². The molecule has 1 aromatic heterocycles. The molecule has 0 aliphatic carbocycles. The Balaban J connectivity index is 1.92. The molecule has 0 saturated heterocycles. The molecule has 2 aromatic carbocycles. The molecule has 3 rings (SSSR count). The van der Waals surface area contributed by atoms with Crippen LogP contribution in [0.25, 0.3) is 11.0 Å².